The average molecular weight is 498 g/mol. The van der Waals surface area contributed by atoms with Crippen LogP contribution >= 0.6 is 23.2 Å². The number of amides is 1. The van der Waals surface area contributed by atoms with Crippen LogP contribution in [0.1, 0.15) is 20.8 Å². The van der Waals surface area contributed by atoms with Crippen molar-refractivity contribution in [3.05, 3.63) is 34.3 Å². The molecule has 0 aliphatic heterocycles. The van der Waals surface area contributed by atoms with Crippen LogP contribution in [0.15, 0.2) is 34.5 Å². The van der Waals surface area contributed by atoms with Gasteiger partial charge in [0.2, 0.25) is 6.04 Å². The van der Waals surface area contributed by atoms with Crippen LogP contribution in [0.4, 0.5) is 11.4 Å². The van der Waals surface area contributed by atoms with Gasteiger partial charge in [0.25, 0.3) is 5.91 Å². The Labute approximate surface area is 202 Å². The lowest BCUT2D eigenvalue weighted by molar-refractivity contribution is -0.126. The topological polar surface area (TPSA) is 108 Å². The van der Waals surface area contributed by atoms with Gasteiger partial charge in [0.1, 0.15) is 22.2 Å². The van der Waals surface area contributed by atoms with Crippen molar-refractivity contribution in [2.75, 3.05) is 32.8 Å². The number of anilines is 1. The summed E-state index contributed by atoms with van der Waals surface area (Å²) in [7, 11) is 2.92. The van der Waals surface area contributed by atoms with Crippen molar-refractivity contribution in [3.8, 4) is 23.0 Å². The second-order valence-electron chi connectivity index (χ2n) is 6.53. The molecular formula is C22H25Cl2N3O6. The first-order valence-electron chi connectivity index (χ1n) is 9.98. The highest BCUT2D eigenvalue weighted by atomic mass is 35.5. The van der Waals surface area contributed by atoms with Crippen molar-refractivity contribution in [1.29, 1.82) is 0 Å². The number of hydrogen-bond acceptors (Lipinski definition) is 8. The molecule has 0 bridgehead atoms. The Balaban J connectivity index is 2.32. The van der Waals surface area contributed by atoms with E-state index in [9.17, 15) is 9.59 Å². The van der Waals surface area contributed by atoms with Gasteiger partial charge >= 0.3 is 0 Å². The minimum absolute atomic E-state index is 0.206. The first-order valence-corrected chi connectivity index (χ1v) is 10.7. The summed E-state index contributed by atoms with van der Waals surface area (Å²) in [6.07, 6.45) is 0. The van der Waals surface area contributed by atoms with E-state index in [1.165, 1.54) is 45.4 Å². The molecule has 33 heavy (non-hydrogen) atoms. The number of carbonyl (C=O) groups excluding carboxylic acids is 2. The number of azo groups is 1. The second kappa shape index (κ2) is 12.3. The molecule has 0 saturated heterocycles. The van der Waals surface area contributed by atoms with E-state index in [0.29, 0.717) is 41.9 Å². The lowest BCUT2D eigenvalue weighted by Crippen LogP contribution is -2.31. The smallest absolute Gasteiger partial charge is 0.258 e. The van der Waals surface area contributed by atoms with E-state index >= 15 is 0 Å². The monoisotopic (exact) mass is 497 g/mol. The number of carbonyl (C=O) groups is 2. The maximum atomic E-state index is 12.8. The van der Waals surface area contributed by atoms with Crippen molar-refractivity contribution in [2.45, 2.75) is 26.8 Å². The van der Waals surface area contributed by atoms with E-state index < -0.39 is 17.7 Å². The molecule has 2 aromatic carbocycles. The molecule has 0 aromatic heterocycles. The van der Waals surface area contributed by atoms with Gasteiger partial charge in [-0.15, -0.1) is 0 Å². The number of rotatable bonds is 11. The molecule has 0 aliphatic rings. The number of ether oxygens (including phenoxy) is 4. The second-order valence-corrected chi connectivity index (χ2v) is 7.31. The van der Waals surface area contributed by atoms with Crippen LogP contribution in [-0.4, -0.2) is 45.2 Å². The minimum Gasteiger partial charge on any atom is -0.493 e. The van der Waals surface area contributed by atoms with Gasteiger partial charge in [-0.3, -0.25) is 9.59 Å². The summed E-state index contributed by atoms with van der Waals surface area (Å²) in [6, 6.07) is 4.63. The molecule has 0 saturated carbocycles. The van der Waals surface area contributed by atoms with Crippen molar-refractivity contribution in [2.24, 2.45) is 10.2 Å². The standard InChI is InChI=1S/C22H25Cl2N3O6/c1-6-32-18-8-13(9-19(20(18)24)33-7-2)25-22(29)21(12(3)28)27-26-15-11-17(31-5)16(30-4)10-14(15)23/h8-11,21H,6-7H2,1-5H3,(H,25,29). The summed E-state index contributed by atoms with van der Waals surface area (Å²) in [5.41, 5.74) is 0.527. The number of nitrogens with zero attached hydrogens (tertiary/aromatic N) is 2. The van der Waals surface area contributed by atoms with Crippen LogP contribution in [0.2, 0.25) is 10.0 Å². The average Bonchev–Trinajstić information content (AvgIpc) is 2.77. The summed E-state index contributed by atoms with van der Waals surface area (Å²) in [5, 5.41) is 11.0. The predicted octanol–water partition coefficient (Wildman–Crippen LogP) is 5.49. The molecule has 11 heteroatoms. The van der Waals surface area contributed by atoms with Crippen LogP contribution in [0.3, 0.4) is 0 Å². The molecule has 178 valence electrons. The van der Waals surface area contributed by atoms with Crippen LogP contribution in [0, 0.1) is 0 Å². The quantitative estimate of drug-likeness (QED) is 0.324. The van der Waals surface area contributed by atoms with Crippen molar-refractivity contribution in [3.63, 3.8) is 0 Å². The molecule has 1 unspecified atom stereocenters. The van der Waals surface area contributed by atoms with Crippen LogP contribution in [0.25, 0.3) is 0 Å². The predicted molar refractivity (Wildman–Crippen MR) is 126 cm³/mol. The Kier molecular flexibility index (Phi) is 9.74. The highest BCUT2D eigenvalue weighted by Gasteiger charge is 2.24. The van der Waals surface area contributed by atoms with Gasteiger partial charge in [-0.25, -0.2) is 0 Å². The number of hydrogen-bond donors (Lipinski definition) is 1. The van der Waals surface area contributed by atoms with Gasteiger partial charge < -0.3 is 24.3 Å². The summed E-state index contributed by atoms with van der Waals surface area (Å²) >= 11 is 12.5. The molecule has 1 amide bonds. The normalized spacial score (nSPS) is 11.7. The number of halogens is 2. The summed E-state index contributed by atoms with van der Waals surface area (Å²) < 4.78 is 21.4. The fourth-order valence-corrected chi connectivity index (χ4v) is 3.14. The van der Waals surface area contributed by atoms with Crippen LogP contribution in [-0.2, 0) is 9.59 Å². The van der Waals surface area contributed by atoms with Gasteiger partial charge in [0.05, 0.1) is 32.5 Å². The number of Topliss-reactive ketones (excluding diaryl/α,β-unsaturated/α-hetero) is 1. The zero-order valence-electron chi connectivity index (χ0n) is 18.9. The maximum absolute atomic E-state index is 12.8. The molecular weight excluding hydrogens is 473 g/mol. The number of benzene rings is 2. The molecule has 1 N–H and O–H groups in total. The number of methoxy groups -OCH3 is 2. The maximum Gasteiger partial charge on any atom is 0.258 e. The van der Waals surface area contributed by atoms with Gasteiger partial charge in [0, 0.05) is 30.0 Å². The van der Waals surface area contributed by atoms with E-state index in [4.69, 9.17) is 42.1 Å². The minimum atomic E-state index is -1.42. The summed E-state index contributed by atoms with van der Waals surface area (Å²) in [5.74, 6) is 0.219. The Hall–Kier alpha value is -3.04. The van der Waals surface area contributed by atoms with E-state index in [1.54, 1.807) is 13.8 Å². The molecule has 9 nitrogen and oxygen atoms in total. The Morgan fingerprint density at radius 2 is 1.48 bits per heavy atom. The molecule has 0 heterocycles. The molecule has 2 aromatic rings. The first-order chi connectivity index (χ1) is 15.7. The summed E-state index contributed by atoms with van der Waals surface area (Å²) in [6.45, 7) is 5.55. The fourth-order valence-electron chi connectivity index (χ4n) is 2.73. The largest absolute Gasteiger partial charge is 0.493 e. The molecule has 0 radical (unpaired) electrons. The Morgan fingerprint density at radius 3 is 1.97 bits per heavy atom. The van der Waals surface area contributed by atoms with Crippen molar-refractivity contribution >= 4 is 46.3 Å². The first kappa shape index (κ1) is 26.2. The van der Waals surface area contributed by atoms with Gasteiger partial charge in [-0.1, -0.05) is 23.2 Å². The molecule has 0 fully saturated rings. The zero-order valence-corrected chi connectivity index (χ0v) is 20.4. The van der Waals surface area contributed by atoms with E-state index in [1.807, 2.05) is 0 Å². The lowest BCUT2D eigenvalue weighted by atomic mass is 10.2. The SMILES string of the molecule is CCOc1cc(NC(=O)C(N=Nc2cc(OC)c(OC)cc2Cl)C(C)=O)cc(OCC)c1Cl. The van der Waals surface area contributed by atoms with Crippen LogP contribution < -0.4 is 24.3 Å². The van der Waals surface area contributed by atoms with Crippen molar-refractivity contribution < 1.29 is 28.5 Å². The van der Waals surface area contributed by atoms with Crippen LogP contribution in [0.5, 0.6) is 23.0 Å². The molecule has 1 atom stereocenters. The van der Waals surface area contributed by atoms with E-state index in [2.05, 4.69) is 15.5 Å². The van der Waals surface area contributed by atoms with Gasteiger partial charge in [-0.05, 0) is 20.8 Å². The molecule has 0 aliphatic carbocycles. The highest BCUT2D eigenvalue weighted by molar-refractivity contribution is 6.34. The molecule has 2 rings (SSSR count). The summed E-state index contributed by atoms with van der Waals surface area (Å²) in [4.78, 5) is 25.0. The Morgan fingerprint density at radius 1 is 0.939 bits per heavy atom. The third-order valence-electron chi connectivity index (χ3n) is 4.24. The van der Waals surface area contributed by atoms with Crippen molar-refractivity contribution in [1.82, 2.24) is 0 Å². The van der Waals surface area contributed by atoms with E-state index in [-0.39, 0.29) is 15.7 Å². The Bertz CT molecular complexity index is 1020. The van der Waals surface area contributed by atoms with Gasteiger partial charge in [0.15, 0.2) is 17.3 Å². The third kappa shape index (κ3) is 6.72. The molecule has 0 spiro atoms. The highest BCUT2D eigenvalue weighted by Crippen LogP contribution is 2.39. The lowest BCUT2D eigenvalue weighted by Gasteiger charge is -2.15. The number of nitrogens with one attached hydrogen (secondary N) is 1. The van der Waals surface area contributed by atoms with E-state index in [0.717, 1.165) is 0 Å². The van der Waals surface area contributed by atoms with Gasteiger partial charge in [-0.2, -0.15) is 10.2 Å². The fraction of sp³-hybridized carbons (Fsp3) is 0.364. The number of ketones is 1. The zero-order chi connectivity index (χ0) is 24.5. The third-order valence-corrected chi connectivity index (χ3v) is 4.92.